The van der Waals surface area contributed by atoms with Gasteiger partial charge in [-0.1, -0.05) is 6.58 Å². The number of hydrogen-bond donors (Lipinski definition) is 1. The predicted molar refractivity (Wildman–Crippen MR) is 79.0 cm³/mol. The second kappa shape index (κ2) is 5.45. The van der Waals surface area contributed by atoms with Gasteiger partial charge in [-0.2, -0.15) is 13.2 Å². The maximum atomic E-state index is 12.5. The smallest absolute Gasteiger partial charge is 0.458 e. The van der Waals surface area contributed by atoms with E-state index in [1.807, 2.05) is 0 Å². The monoisotopic (exact) mass is 367 g/mol. The molecule has 1 N–H and O–H groups in total. The van der Waals surface area contributed by atoms with Crippen LogP contribution >= 0.6 is 0 Å². The first kappa shape index (κ1) is 17.7. The van der Waals surface area contributed by atoms with Gasteiger partial charge >= 0.3 is 21.5 Å². The third-order valence-electron chi connectivity index (χ3n) is 5.91. The Kier molecular flexibility index (Phi) is 4.03. The topological polar surface area (TPSA) is 72.5 Å². The summed E-state index contributed by atoms with van der Waals surface area (Å²) >= 11 is 0. The number of carbonyl (C=O) groups is 1. The zero-order valence-electron chi connectivity index (χ0n) is 13.2. The lowest BCUT2D eigenvalue weighted by atomic mass is 9.91. The Hall–Kier alpha value is -1.09. The van der Waals surface area contributed by atoms with E-state index in [-0.39, 0.29) is 29.4 Å². The average molecular weight is 367 g/mol. The highest BCUT2D eigenvalue weighted by molar-refractivity contribution is 7.90. The second-order valence-corrected chi connectivity index (χ2v) is 8.82. The minimum atomic E-state index is -5.39. The Bertz CT molecular complexity index is 653. The molecule has 3 saturated carbocycles. The largest absolute Gasteiger partial charge is 0.511 e. The summed E-state index contributed by atoms with van der Waals surface area (Å²) in [5, 5.41) is 0. The molecule has 0 aliphatic heterocycles. The number of halogens is 3. The highest BCUT2D eigenvalue weighted by Gasteiger charge is 2.77. The number of hydrogen-bond acceptors (Lipinski definition) is 4. The van der Waals surface area contributed by atoms with Crippen LogP contribution in [0.3, 0.4) is 0 Å². The standard InChI is InChI=1S/C15H20F3NO4S/c1-8(2)13(20)23-12-11(7-19-24(21,22)15(16,17)18)14(12)9-3-4-10(14)6-5-9/h9-12,19H,1,3-7H2,2H3. The lowest BCUT2D eigenvalue weighted by molar-refractivity contribution is -0.142. The Morgan fingerprint density at radius 2 is 1.75 bits per heavy atom. The van der Waals surface area contributed by atoms with Gasteiger partial charge in [0, 0.05) is 23.5 Å². The molecule has 1 spiro atoms. The van der Waals surface area contributed by atoms with Crippen molar-refractivity contribution < 1.29 is 31.1 Å². The summed E-state index contributed by atoms with van der Waals surface area (Å²) in [5.74, 6) is -0.415. The second-order valence-electron chi connectivity index (χ2n) is 7.06. The van der Waals surface area contributed by atoms with Gasteiger partial charge in [0.1, 0.15) is 6.10 Å². The van der Waals surface area contributed by atoms with Crippen molar-refractivity contribution in [2.75, 3.05) is 6.54 Å². The van der Waals surface area contributed by atoms with E-state index in [0.29, 0.717) is 0 Å². The lowest BCUT2D eigenvalue weighted by Crippen LogP contribution is -2.38. The first-order valence-electron chi connectivity index (χ1n) is 7.94. The van der Waals surface area contributed by atoms with Gasteiger partial charge in [0.05, 0.1) is 0 Å². The van der Waals surface area contributed by atoms with E-state index in [4.69, 9.17) is 4.74 Å². The molecule has 0 aromatic carbocycles. The summed E-state index contributed by atoms with van der Waals surface area (Å²) in [4.78, 5) is 11.8. The normalized spacial score (nSPS) is 37.7. The van der Waals surface area contributed by atoms with Crippen molar-refractivity contribution in [3.8, 4) is 0 Å². The molecule has 0 saturated heterocycles. The molecule has 3 aliphatic carbocycles. The Balaban J connectivity index is 1.76. The molecule has 2 bridgehead atoms. The first-order chi connectivity index (χ1) is 11.0. The number of carbonyl (C=O) groups excluding carboxylic acids is 1. The van der Waals surface area contributed by atoms with E-state index in [1.165, 1.54) is 6.92 Å². The van der Waals surface area contributed by atoms with Crippen molar-refractivity contribution in [3.63, 3.8) is 0 Å². The summed E-state index contributed by atoms with van der Waals surface area (Å²) in [7, 11) is -5.39. The van der Waals surface area contributed by atoms with E-state index < -0.39 is 33.5 Å². The van der Waals surface area contributed by atoms with Gasteiger partial charge in [0.25, 0.3) is 0 Å². The molecule has 5 nitrogen and oxygen atoms in total. The van der Waals surface area contributed by atoms with Gasteiger partial charge in [-0.05, 0) is 44.4 Å². The Morgan fingerprint density at radius 3 is 2.17 bits per heavy atom. The number of sulfonamides is 1. The fraction of sp³-hybridized carbons (Fsp3) is 0.800. The van der Waals surface area contributed by atoms with Crippen molar-refractivity contribution in [1.82, 2.24) is 4.72 Å². The van der Waals surface area contributed by atoms with E-state index in [0.717, 1.165) is 25.7 Å². The maximum absolute atomic E-state index is 12.5. The summed E-state index contributed by atoms with van der Waals surface area (Å²) in [5.41, 5.74) is -5.48. The highest BCUT2D eigenvalue weighted by Crippen LogP contribution is 2.75. The summed E-state index contributed by atoms with van der Waals surface area (Å²) in [6.45, 7) is 4.66. The van der Waals surface area contributed by atoms with Gasteiger partial charge in [-0.25, -0.2) is 17.9 Å². The van der Waals surface area contributed by atoms with Gasteiger partial charge in [0.2, 0.25) is 0 Å². The first-order valence-corrected chi connectivity index (χ1v) is 9.42. The third-order valence-corrected chi connectivity index (χ3v) is 7.07. The molecule has 3 fully saturated rings. The van der Waals surface area contributed by atoms with Crippen molar-refractivity contribution in [3.05, 3.63) is 12.2 Å². The predicted octanol–water partition coefficient (Wildman–Crippen LogP) is 2.35. The quantitative estimate of drug-likeness (QED) is 0.598. The van der Waals surface area contributed by atoms with Crippen LogP contribution in [0.1, 0.15) is 32.6 Å². The minimum absolute atomic E-state index is 0.219. The molecular weight excluding hydrogens is 347 g/mol. The SMILES string of the molecule is C=C(C)C(=O)OC1C(CNS(=O)(=O)C(F)(F)F)C12C1CCC2CC1. The fourth-order valence-corrected chi connectivity index (χ4v) is 5.49. The molecule has 2 atom stereocenters. The van der Waals surface area contributed by atoms with Gasteiger partial charge in [-0.15, -0.1) is 0 Å². The molecule has 136 valence electrons. The number of rotatable bonds is 5. The van der Waals surface area contributed by atoms with Gasteiger partial charge in [-0.3, -0.25) is 0 Å². The minimum Gasteiger partial charge on any atom is -0.458 e. The van der Waals surface area contributed by atoms with Crippen LogP contribution < -0.4 is 4.72 Å². The zero-order chi connectivity index (χ0) is 17.9. The summed E-state index contributed by atoms with van der Waals surface area (Å²) < 4.78 is 67.1. The lowest BCUT2D eigenvalue weighted by Gasteiger charge is -2.16. The number of ether oxygens (including phenoxy) is 1. The van der Waals surface area contributed by atoms with E-state index >= 15 is 0 Å². The third kappa shape index (κ3) is 2.47. The molecule has 0 heterocycles. The molecule has 9 heteroatoms. The highest BCUT2D eigenvalue weighted by atomic mass is 32.2. The fourth-order valence-electron chi connectivity index (χ4n) is 4.93. The van der Waals surface area contributed by atoms with Crippen LogP contribution in [0.4, 0.5) is 13.2 Å². The molecule has 24 heavy (non-hydrogen) atoms. The van der Waals surface area contributed by atoms with E-state index in [2.05, 4.69) is 6.58 Å². The molecule has 3 aliphatic rings. The van der Waals surface area contributed by atoms with Crippen molar-refractivity contribution >= 4 is 16.0 Å². The molecule has 0 aromatic rings. The van der Waals surface area contributed by atoms with Crippen LogP contribution in [0, 0.1) is 23.2 Å². The number of alkyl halides is 3. The number of nitrogens with one attached hydrogen (secondary N) is 1. The molecule has 0 amide bonds. The summed E-state index contributed by atoms with van der Waals surface area (Å²) in [6.07, 6.45) is 3.28. The Labute approximate surface area is 138 Å². The van der Waals surface area contributed by atoms with Gasteiger partial charge in [0.15, 0.2) is 0 Å². The number of esters is 1. The zero-order valence-corrected chi connectivity index (χ0v) is 14.0. The van der Waals surface area contributed by atoms with Crippen LogP contribution in [0.15, 0.2) is 12.2 Å². The maximum Gasteiger partial charge on any atom is 0.511 e. The molecule has 2 unspecified atom stereocenters. The Morgan fingerprint density at radius 1 is 1.25 bits per heavy atom. The van der Waals surface area contributed by atoms with Crippen LogP contribution in [-0.2, 0) is 19.6 Å². The molecule has 0 radical (unpaired) electrons. The van der Waals surface area contributed by atoms with Crippen LogP contribution in [0.2, 0.25) is 0 Å². The van der Waals surface area contributed by atoms with E-state index in [9.17, 15) is 26.4 Å². The van der Waals surface area contributed by atoms with Crippen molar-refractivity contribution in [2.24, 2.45) is 23.2 Å². The van der Waals surface area contributed by atoms with Crippen molar-refractivity contribution in [2.45, 2.75) is 44.2 Å². The van der Waals surface area contributed by atoms with Gasteiger partial charge < -0.3 is 4.74 Å². The summed E-state index contributed by atoms with van der Waals surface area (Å²) in [6, 6.07) is 0. The molecule has 0 aromatic heterocycles. The van der Waals surface area contributed by atoms with E-state index in [1.54, 1.807) is 4.72 Å². The van der Waals surface area contributed by atoms with Crippen LogP contribution in [0.25, 0.3) is 0 Å². The molecule has 3 rings (SSSR count). The molecular formula is C15H20F3NO4S. The van der Waals surface area contributed by atoms with Crippen LogP contribution in [-0.4, -0.2) is 32.5 Å². The van der Waals surface area contributed by atoms with Crippen LogP contribution in [0.5, 0.6) is 0 Å². The van der Waals surface area contributed by atoms with Crippen molar-refractivity contribution in [1.29, 1.82) is 0 Å². The average Bonchev–Trinajstić information content (AvgIpc) is 2.76.